The summed E-state index contributed by atoms with van der Waals surface area (Å²) in [6, 6.07) is 14.3. The second-order valence-electron chi connectivity index (χ2n) is 4.19. The van der Waals surface area contributed by atoms with Crippen LogP contribution >= 0.6 is 11.3 Å². The monoisotopic (exact) mass is 269 g/mol. The number of rotatable bonds is 2. The Hall–Kier alpha value is -2.33. The molecule has 0 spiro atoms. The molecule has 0 unspecified atom stereocenters. The Labute approximate surface area is 113 Å². The molecule has 0 amide bonds. The molecule has 0 atom stereocenters. The summed E-state index contributed by atoms with van der Waals surface area (Å²) in [4.78, 5) is 12.8. The highest BCUT2D eigenvalue weighted by Gasteiger charge is 2.20. The van der Waals surface area contributed by atoms with Crippen LogP contribution in [0.2, 0.25) is 0 Å². The second kappa shape index (κ2) is 4.40. The first-order valence-electron chi connectivity index (χ1n) is 5.78. The van der Waals surface area contributed by atoms with E-state index in [0.29, 0.717) is 21.5 Å². The average Bonchev–Trinajstić information content (AvgIpc) is 2.77. The highest BCUT2D eigenvalue weighted by molar-refractivity contribution is 7.21. The van der Waals surface area contributed by atoms with Gasteiger partial charge in [-0.3, -0.25) is 4.79 Å². The van der Waals surface area contributed by atoms with E-state index in [-0.39, 0.29) is 11.5 Å². The molecule has 0 aliphatic heterocycles. The van der Waals surface area contributed by atoms with Crippen molar-refractivity contribution in [3.63, 3.8) is 0 Å². The molecule has 1 heterocycles. The van der Waals surface area contributed by atoms with Crippen LogP contribution in [0.5, 0.6) is 5.75 Å². The van der Waals surface area contributed by atoms with Gasteiger partial charge in [-0.15, -0.1) is 11.3 Å². The molecule has 1 aromatic heterocycles. The van der Waals surface area contributed by atoms with Crippen molar-refractivity contribution in [1.29, 1.82) is 0 Å². The van der Waals surface area contributed by atoms with E-state index in [1.807, 2.05) is 18.2 Å². The van der Waals surface area contributed by atoms with Crippen LogP contribution in [0.1, 0.15) is 15.2 Å². The van der Waals surface area contributed by atoms with Crippen LogP contribution in [0, 0.1) is 0 Å². The zero-order chi connectivity index (χ0) is 13.4. The van der Waals surface area contributed by atoms with Gasteiger partial charge in [0, 0.05) is 21.3 Å². The molecule has 3 aromatic rings. The van der Waals surface area contributed by atoms with Crippen molar-refractivity contribution >= 4 is 32.9 Å². The lowest BCUT2D eigenvalue weighted by Crippen LogP contribution is -2.03. The fraction of sp³-hybridized carbons (Fsp3) is 0. The Bertz CT molecular complexity index is 777. The van der Waals surface area contributed by atoms with Gasteiger partial charge in [0.1, 0.15) is 10.6 Å². The van der Waals surface area contributed by atoms with E-state index >= 15 is 0 Å². The molecule has 0 aliphatic rings. The van der Waals surface area contributed by atoms with Gasteiger partial charge in [0.15, 0.2) is 0 Å². The molecule has 0 aliphatic carbocycles. The number of anilines is 1. The Balaban J connectivity index is 2.17. The van der Waals surface area contributed by atoms with Crippen LogP contribution < -0.4 is 5.73 Å². The number of hydrogen-bond donors (Lipinski definition) is 2. The summed E-state index contributed by atoms with van der Waals surface area (Å²) in [6.45, 7) is 0. The Morgan fingerprint density at radius 2 is 1.74 bits per heavy atom. The van der Waals surface area contributed by atoms with Gasteiger partial charge in [0.05, 0.1) is 0 Å². The van der Waals surface area contributed by atoms with Gasteiger partial charge in [0.25, 0.3) is 0 Å². The number of fused-ring (bicyclic) bond motifs is 1. The smallest absolute Gasteiger partial charge is 0.208 e. The molecule has 94 valence electrons. The number of nitrogen functional groups attached to an aromatic ring is 1. The number of hydrogen-bond acceptors (Lipinski definition) is 4. The molecule has 4 heteroatoms. The highest BCUT2D eigenvalue weighted by Crippen LogP contribution is 2.38. The minimum absolute atomic E-state index is 0.0360. The molecule has 0 saturated heterocycles. The third kappa shape index (κ3) is 1.86. The molecule has 0 saturated carbocycles. The maximum absolute atomic E-state index is 12.4. The van der Waals surface area contributed by atoms with Crippen LogP contribution in [-0.4, -0.2) is 10.9 Å². The zero-order valence-electron chi connectivity index (χ0n) is 9.96. The number of thiophene rings is 1. The summed E-state index contributed by atoms with van der Waals surface area (Å²) >= 11 is 1.28. The fourth-order valence-corrected chi connectivity index (χ4v) is 3.06. The summed E-state index contributed by atoms with van der Waals surface area (Å²) in [5.74, 6) is -0.203. The number of carbonyl (C=O) groups is 1. The molecule has 2 aromatic carbocycles. The zero-order valence-corrected chi connectivity index (χ0v) is 10.8. The maximum Gasteiger partial charge on any atom is 0.208 e. The molecule has 19 heavy (non-hydrogen) atoms. The predicted octanol–water partition coefficient (Wildman–Crippen LogP) is 3.42. The number of nitrogens with two attached hydrogens (primary N) is 1. The molecule has 0 bridgehead atoms. The van der Waals surface area contributed by atoms with E-state index in [4.69, 9.17) is 5.73 Å². The lowest BCUT2D eigenvalue weighted by atomic mass is 10.1. The number of aromatic hydroxyl groups is 1. The van der Waals surface area contributed by atoms with Crippen molar-refractivity contribution < 1.29 is 9.90 Å². The van der Waals surface area contributed by atoms with Gasteiger partial charge in [0.2, 0.25) is 5.78 Å². The number of ketones is 1. The normalized spacial score (nSPS) is 10.7. The number of carbonyl (C=O) groups excluding carboxylic acids is 1. The number of para-hydroxylation sites is 1. The van der Waals surface area contributed by atoms with Crippen molar-refractivity contribution in [1.82, 2.24) is 0 Å². The first-order valence-corrected chi connectivity index (χ1v) is 6.60. The van der Waals surface area contributed by atoms with Gasteiger partial charge in [-0.25, -0.2) is 0 Å². The van der Waals surface area contributed by atoms with E-state index < -0.39 is 0 Å². The van der Waals surface area contributed by atoms with Gasteiger partial charge in [-0.1, -0.05) is 24.3 Å². The Morgan fingerprint density at radius 1 is 1.05 bits per heavy atom. The first-order chi connectivity index (χ1) is 9.18. The summed E-state index contributed by atoms with van der Waals surface area (Å²) < 4.78 is 0.887. The standard InChI is InChI=1S/C15H11NO2S/c16-11-7-3-1-5-9(11)13(17)15-14(18)10-6-2-4-8-12(10)19-15/h1-8,18H,16H2. The summed E-state index contributed by atoms with van der Waals surface area (Å²) in [5, 5.41) is 10.9. The van der Waals surface area contributed by atoms with Crippen LogP contribution in [0.15, 0.2) is 48.5 Å². The topological polar surface area (TPSA) is 63.3 Å². The van der Waals surface area contributed by atoms with Crippen molar-refractivity contribution in [2.75, 3.05) is 5.73 Å². The molecular weight excluding hydrogens is 258 g/mol. The van der Waals surface area contributed by atoms with E-state index in [9.17, 15) is 9.90 Å². The van der Waals surface area contributed by atoms with Crippen LogP contribution in [-0.2, 0) is 0 Å². The largest absolute Gasteiger partial charge is 0.506 e. The fourth-order valence-electron chi connectivity index (χ4n) is 2.01. The Kier molecular flexibility index (Phi) is 2.72. The summed E-state index contributed by atoms with van der Waals surface area (Å²) in [5.41, 5.74) is 6.65. The lowest BCUT2D eigenvalue weighted by molar-refractivity contribution is 0.104. The van der Waals surface area contributed by atoms with E-state index in [1.165, 1.54) is 11.3 Å². The van der Waals surface area contributed by atoms with Crippen LogP contribution in [0.3, 0.4) is 0 Å². The van der Waals surface area contributed by atoms with Gasteiger partial charge < -0.3 is 10.8 Å². The quantitative estimate of drug-likeness (QED) is 0.553. The minimum atomic E-state index is -0.239. The maximum atomic E-state index is 12.4. The summed E-state index contributed by atoms with van der Waals surface area (Å²) in [7, 11) is 0. The molecular formula is C15H11NO2S. The van der Waals surface area contributed by atoms with Gasteiger partial charge >= 0.3 is 0 Å². The predicted molar refractivity (Wildman–Crippen MR) is 77.8 cm³/mol. The molecule has 0 fully saturated rings. The third-order valence-corrected chi connectivity index (χ3v) is 4.14. The second-order valence-corrected chi connectivity index (χ2v) is 5.24. The minimum Gasteiger partial charge on any atom is -0.506 e. The van der Waals surface area contributed by atoms with E-state index in [0.717, 1.165) is 4.70 Å². The Morgan fingerprint density at radius 3 is 2.47 bits per heavy atom. The first kappa shape index (κ1) is 11.7. The molecule has 3 nitrogen and oxygen atoms in total. The molecule has 0 radical (unpaired) electrons. The van der Waals surface area contributed by atoms with Crippen LogP contribution in [0.25, 0.3) is 10.1 Å². The molecule has 3 N–H and O–H groups in total. The van der Waals surface area contributed by atoms with E-state index in [2.05, 4.69) is 0 Å². The lowest BCUT2D eigenvalue weighted by Gasteiger charge is -2.02. The van der Waals surface area contributed by atoms with Crippen LogP contribution in [0.4, 0.5) is 5.69 Å². The van der Waals surface area contributed by atoms with Crippen molar-refractivity contribution in [2.45, 2.75) is 0 Å². The summed E-state index contributed by atoms with van der Waals surface area (Å²) in [6.07, 6.45) is 0. The van der Waals surface area contributed by atoms with Gasteiger partial charge in [-0.05, 0) is 24.3 Å². The van der Waals surface area contributed by atoms with E-state index in [1.54, 1.807) is 30.3 Å². The third-order valence-electron chi connectivity index (χ3n) is 2.98. The van der Waals surface area contributed by atoms with Gasteiger partial charge in [-0.2, -0.15) is 0 Å². The SMILES string of the molecule is Nc1ccccc1C(=O)c1sc2ccccc2c1O. The average molecular weight is 269 g/mol. The van der Waals surface area contributed by atoms with Crippen molar-refractivity contribution in [3.05, 3.63) is 59.0 Å². The number of benzene rings is 2. The highest BCUT2D eigenvalue weighted by atomic mass is 32.1. The van der Waals surface area contributed by atoms with Crippen molar-refractivity contribution in [3.8, 4) is 5.75 Å². The molecule has 3 rings (SSSR count). The van der Waals surface area contributed by atoms with Crippen molar-refractivity contribution in [2.24, 2.45) is 0 Å².